The highest BCUT2D eigenvalue weighted by Gasteiger charge is 2.54. The maximum absolute atomic E-state index is 12.9. The third-order valence-electron chi connectivity index (χ3n) is 6.03. The highest BCUT2D eigenvalue weighted by atomic mass is 16.4. The lowest BCUT2D eigenvalue weighted by Gasteiger charge is -2.28. The Morgan fingerprint density at radius 1 is 1.16 bits per heavy atom. The molecule has 1 heterocycles. The first-order valence-corrected chi connectivity index (χ1v) is 9.98. The largest absolute Gasteiger partial charge is 0.481 e. The molecule has 0 radical (unpaired) electrons. The Balaban J connectivity index is 1.94. The number of rotatable bonds is 9. The molecule has 5 nitrogen and oxygen atoms in total. The van der Waals surface area contributed by atoms with E-state index < -0.39 is 11.4 Å². The summed E-state index contributed by atoms with van der Waals surface area (Å²) in [5, 5.41) is 9.70. The van der Waals surface area contributed by atoms with Crippen LogP contribution in [0.2, 0.25) is 0 Å². The van der Waals surface area contributed by atoms with Gasteiger partial charge in [-0.05, 0) is 43.4 Å². The molecule has 1 amide bonds. The van der Waals surface area contributed by atoms with Crippen LogP contribution in [0.5, 0.6) is 0 Å². The fourth-order valence-corrected chi connectivity index (χ4v) is 4.34. The van der Waals surface area contributed by atoms with Crippen molar-refractivity contribution in [3.05, 3.63) is 0 Å². The van der Waals surface area contributed by atoms with E-state index in [0.717, 1.165) is 51.7 Å². The molecule has 0 aromatic carbocycles. The standard InChI is InChI=1S/C20H36N2O3/c1-15(2)7-10-22(11-8-16(3)4)18(23)13-21-12-17-6-5-9-20(17,14-21)19(24)25/h15-17H,5-14H2,1-4H3,(H,24,25)/t17-,20+/m0/s1. The minimum Gasteiger partial charge on any atom is -0.481 e. The summed E-state index contributed by atoms with van der Waals surface area (Å²) in [5.74, 6) is 0.882. The number of carbonyl (C=O) groups excluding carboxylic acids is 1. The molecule has 1 aliphatic carbocycles. The van der Waals surface area contributed by atoms with Crippen molar-refractivity contribution in [1.29, 1.82) is 0 Å². The zero-order valence-corrected chi connectivity index (χ0v) is 16.5. The summed E-state index contributed by atoms with van der Waals surface area (Å²) in [6.45, 7) is 12.0. The summed E-state index contributed by atoms with van der Waals surface area (Å²) in [5.41, 5.74) is -0.596. The SMILES string of the molecule is CC(C)CCN(CCC(C)C)C(=O)CN1C[C@@H]2CCC[C@@]2(C(=O)O)C1. The third-order valence-corrected chi connectivity index (χ3v) is 6.03. The fourth-order valence-electron chi connectivity index (χ4n) is 4.34. The molecule has 5 heteroatoms. The van der Waals surface area contributed by atoms with Gasteiger partial charge in [-0.3, -0.25) is 14.5 Å². The number of carboxylic acids is 1. The van der Waals surface area contributed by atoms with Gasteiger partial charge in [-0.2, -0.15) is 0 Å². The van der Waals surface area contributed by atoms with E-state index in [2.05, 4.69) is 32.6 Å². The van der Waals surface area contributed by atoms with E-state index in [-0.39, 0.29) is 11.8 Å². The van der Waals surface area contributed by atoms with Crippen molar-refractivity contribution in [3.8, 4) is 0 Å². The first-order chi connectivity index (χ1) is 11.7. The predicted octanol–water partition coefficient (Wildman–Crippen LogP) is 3.09. The number of aliphatic carboxylic acids is 1. The third kappa shape index (κ3) is 4.96. The van der Waals surface area contributed by atoms with Crippen molar-refractivity contribution in [1.82, 2.24) is 9.80 Å². The molecule has 2 fully saturated rings. The van der Waals surface area contributed by atoms with Crippen LogP contribution in [0.3, 0.4) is 0 Å². The second-order valence-electron chi connectivity index (χ2n) is 8.97. The van der Waals surface area contributed by atoms with Crippen molar-refractivity contribution in [3.63, 3.8) is 0 Å². The number of amides is 1. The van der Waals surface area contributed by atoms with Gasteiger partial charge < -0.3 is 10.0 Å². The Bertz CT molecular complexity index is 466. The Kier molecular flexibility index (Phi) is 6.89. The summed E-state index contributed by atoms with van der Waals surface area (Å²) < 4.78 is 0. The van der Waals surface area contributed by atoms with Crippen molar-refractivity contribution in [2.24, 2.45) is 23.2 Å². The Hall–Kier alpha value is -1.10. The highest BCUT2D eigenvalue weighted by molar-refractivity contribution is 5.79. The maximum atomic E-state index is 12.9. The van der Waals surface area contributed by atoms with E-state index in [0.29, 0.717) is 24.9 Å². The van der Waals surface area contributed by atoms with Crippen molar-refractivity contribution in [2.45, 2.75) is 59.8 Å². The van der Waals surface area contributed by atoms with Gasteiger partial charge in [-0.15, -0.1) is 0 Å². The first kappa shape index (κ1) is 20.2. The van der Waals surface area contributed by atoms with Gasteiger partial charge in [0, 0.05) is 26.2 Å². The molecule has 0 unspecified atom stereocenters. The molecule has 1 aliphatic heterocycles. The Morgan fingerprint density at radius 2 is 1.76 bits per heavy atom. The highest BCUT2D eigenvalue weighted by Crippen LogP contribution is 2.48. The van der Waals surface area contributed by atoms with Crippen LogP contribution in [0.25, 0.3) is 0 Å². The molecule has 1 saturated carbocycles. The monoisotopic (exact) mass is 352 g/mol. The van der Waals surface area contributed by atoms with Crippen LogP contribution in [-0.4, -0.2) is 59.5 Å². The average molecular weight is 353 g/mol. The second kappa shape index (κ2) is 8.52. The van der Waals surface area contributed by atoms with Crippen LogP contribution in [0.15, 0.2) is 0 Å². The normalized spacial score (nSPS) is 26.4. The molecule has 0 aromatic rings. The number of nitrogens with zero attached hydrogens (tertiary/aromatic N) is 2. The number of hydrogen-bond donors (Lipinski definition) is 1. The molecule has 0 spiro atoms. The van der Waals surface area contributed by atoms with Gasteiger partial charge in [0.15, 0.2) is 0 Å². The van der Waals surface area contributed by atoms with E-state index in [9.17, 15) is 14.7 Å². The van der Waals surface area contributed by atoms with Crippen LogP contribution < -0.4 is 0 Å². The molecule has 1 N–H and O–H groups in total. The van der Waals surface area contributed by atoms with E-state index >= 15 is 0 Å². The van der Waals surface area contributed by atoms with Crippen LogP contribution in [-0.2, 0) is 9.59 Å². The molecule has 2 aliphatic rings. The zero-order valence-electron chi connectivity index (χ0n) is 16.5. The quantitative estimate of drug-likeness (QED) is 0.693. The molecular weight excluding hydrogens is 316 g/mol. The van der Waals surface area contributed by atoms with Crippen LogP contribution >= 0.6 is 0 Å². The summed E-state index contributed by atoms with van der Waals surface area (Å²) in [6.07, 6.45) is 4.80. The smallest absolute Gasteiger partial charge is 0.311 e. The van der Waals surface area contributed by atoms with Crippen LogP contribution in [0.4, 0.5) is 0 Å². The van der Waals surface area contributed by atoms with Crippen molar-refractivity contribution < 1.29 is 14.7 Å². The summed E-state index contributed by atoms with van der Waals surface area (Å²) in [6, 6.07) is 0. The van der Waals surface area contributed by atoms with Gasteiger partial charge in [0.1, 0.15) is 0 Å². The predicted molar refractivity (Wildman–Crippen MR) is 99.3 cm³/mol. The van der Waals surface area contributed by atoms with E-state index in [1.807, 2.05) is 4.90 Å². The molecule has 0 aromatic heterocycles. The molecule has 0 bridgehead atoms. The fraction of sp³-hybridized carbons (Fsp3) is 0.900. The number of likely N-dealkylation sites (tertiary alicyclic amines) is 1. The molecule has 2 rings (SSSR count). The van der Waals surface area contributed by atoms with Crippen molar-refractivity contribution in [2.75, 3.05) is 32.7 Å². The van der Waals surface area contributed by atoms with Gasteiger partial charge in [-0.25, -0.2) is 0 Å². The van der Waals surface area contributed by atoms with Crippen molar-refractivity contribution >= 4 is 11.9 Å². The molecule has 2 atom stereocenters. The van der Waals surface area contributed by atoms with Crippen LogP contribution in [0, 0.1) is 23.2 Å². The topological polar surface area (TPSA) is 60.9 Å². The number of hydrogen-bond acceptors (Lipinski definition) is 3. The number of carboxylic acid groups (broad SMARTS) is 1. The van der Waals surface area contributed by atoms with Gasteiger partial charge in [0.05, 0.1) is 12.0 Å². The lowest BCUT2D eigenvalue weighted by atomic mass is 9.81. The zero-order chi connectivity index (χ0) is 18.6. The maximum Gasteiger partial charge on any atom is 0.311 e. The van der Waals surface area contributed by atoms with Gasteiger partial charge in [0.2, 0.25) is 5.91 Å². The number of fused-ring (bicyclic) bond motifs is 1. The molecule has 144 valence electrons. The summed E-state index contributed by atoms with van der Waals surface area (Å²) in [7, 11) is 0. The molecular formula is C20H36N2O3. The minimum absolute atomic E-state index is 0.168. The number of carbonyl (C=O) groups is 2. The minimum atomic E-state index is -0.665. The lowest BCUT2D eigenvalue weighted by Crippen LogP contribution is -2.42. The molecule has 1 saturated heterocycles. The van der Waals surface area contributed by atoms with E-state index in [1.165, 1.54) is 0 Å². The average Bonchev–Trinajstić information content (AvgIpc) is 3.04. The van der Waals surface area contributed by atoms with E-state index in [1.54, 1.807) is 0 Å². The second-order valence-corrected chi connectivity index (χ2v) is 8.97. The summed E-state index contributed by atoms with van der Waals surface area (Å²) in [4.78, 5) is 28.8. The first-order valence-electron chi connectivity index (χ1n) is 9.98. The molecule has 25 heavy (non-hydrogen) atoms. The lowest BCUT2D eigenvalue weighted by molar-refractivity contribution is -0.149. The van der Waals surface area contributed by atoms with Gasteiger partial charge >= 0.3 is 5.97 Å². The summed E-state index contributed by atoms with van der Waals surface area (Å²) >= 11 is 0. The van der Waals surface area contributed by atoms with E-state index in [4.69, 9.17) is 0 Å². The van der Waals surface area contributed by atoms with Gasteiger partial charge in [0.25, 0.3) is 0 Å². The Labute approximate surface area is 152 Å². The van der Waals surface area contributed by atoms with Gasteiger partial charge in [-0.1, -0.05) is 34.1 Å². The van der Waals surface area contributed by atoms with Crippen LogP contribution in [0.1, 0.15) is 59.8 Å². The Morgan fingerprint density at radius 3 is 2.24 bits per heavy atom.